The Morgan fingerprint density at radius 2 is 2.14 bits per heavy atom. The summed E-state index contributed by atoms with van der Waals surface area (Å²) in [6, 6.07) is 6.67. The Hall–Kier alpha value is -4.12. The summed E-state index contributed by atoms with van der Waals surface area (Å²) in [6.07, 6.45) is 3.04. The van der Waals surface area contributed by atoms with Gasteiger partial charge >= 0.3 is 0 Å². The highest BCUT2D eigenvalue weighted by Gasteiger charge is 2.25. The molecule has 1 aliphatic rings. The molecule has 3 aromatic heterocycles. The second-order valence-corrected chi connectivity index (χ2v) is 8.22. The first kappa shape index (κ1) is 22.7. The number of rotatable bonds is 5. The number of methoxy groups -OCH3 is 1. The van der Waals surface area contributed by atoms with Gasteiger partial charge in [-0.05, 0) is 23.3 Å². The molecule has 0 radical (unpaired) electrons. The van der Waals surface area contributed by atoms with Crippen LogP contribution in [0, 0.1) is 5.82 Å². The van der Waals surface area contributed by atoms with Crippen molar-refractivity contribution in [2.45, 2.75) is 12.7 Å². The molecule has 180 valence electrons. The molecule has 0 spiro atoms. The second kappa shape index (κ2) is 8.91. The van der Waals surface area contributed by atoms with Crippen LogP contribution in [0.2, 0.25) is 0 Å². The number of amides is 1. The third-order valence-electron chi connectivity index (χ3n) is 6.09. The Kier molecular flexibility index (Phi) is 5.77. The number of nitrogens with one attached hydrogen (secondary N) is 2. The van der Waals surface area contributed by atoms with Crippen molar-refractivity contribution in [3.8, 4) is 5.75 Å². The fourth-order valence-electron chi connectivity index (χ4n) is 4.35. The molecule has 9 nitrogen and oxygen atoms in total. The van der Waals surface area contributed by atoms with Gasteiger partial charge in [0.15, 0.2) is 11.3 Å². The zero-order valence-corrected chi connectivity index (χ0v) is 19.0. The maximum absolute atomic E-state index is 15.1. The molecule has 2 N–H and O–H groups in total. The van der Waals surface area contributed by atoms with Gasteiger partial charge in [-0.25, -0.2) is 13.3 Å². The number of nitrogens with zero attached hydrogens (tertiary/aromatic N) is 4. The summed E-state index contributed by atoms with van der Waals surface area (Å²) < 4.78 is 35.9. The predicted octanol–water partition coefficient (Wildman–Crippen LogP) is 2.32. The number of carbonyl (C=O) groups is 1. The number of benzene rings is 1. The largest absolute Gasteiger partial charge is 0.496 e. The molecule has 1 atom stereocenters. The molecular weight excluding hydrogens is 458 g/mol. The van der Waals surface area contributed by atoms with Gasteiger partial charge in [0.25, 0.3) is 11.5 Å². The van der Waals surface area contributed by atoms with Gasteiger partial charge < -0.3 is 15.0 Å². The predicted molar refractivity (Wildman–Crippen MR) is 126 cm³/mol. The van der Waals surface area contributed by atoms with E-state index in [2.05, 4.69) is 20.4 Å². The van der Waals surface area contributed by atoms with Gasteiger partial charge in [-0.1, -0.05) is 12.1 Å². The summed E-state index contributed by atoms with van der Waals surface area (Å²) in [7, 11) is 3.03. The van der Waals surface area contributed by atoms with E-state index in [1.165, 1.54) is 24.9 Å². The van der Waals surface area contributed by atoms with Crippen molar-refractivity contribution < 1.29 is 18.3 Å². The minimum atomic E-state index is -1.26. The minimum absolute atomic E-state index is 0.143. The third kappa shape index (κ3) is 4.03. The average Bonchev–Trinajstić information content (AvgIpc) is 3.26. The fraction of sp³-hybridized carbons (Fsp3) is 0.250. The molecule has 1 amide bonds. The number of hydrogen-bond donors (Lipinski definition) is 2. The lowest BCUT2D eigenvalue weighted by Crippen LogP contribution is -2.35. The standard InChI is InChI=1S/C24H22F2N6O3/c1-27-23(33)18-4-3-13(9-28-18)15-5-6-31(12-17(15)26)11-14-7-19-20(8-21(14)35-2)32-22(24(34)30-19)16(25)10-29-32/h3-5,7-10,17H,6,11-12H2,1-2H3,(H,27,33)(H,30,34). The van der Waals surface area contributed by atoms with Crippen LogP contribution in [-0.4, -0.2) is 63.8 Å². The lowest BCUT2D eigenvalue weighted by Gasteiger charge is -2.29. The Balaban J connectivity index is 1.41. The van der Waals surface area contributed by atoms with Gasteiger partial charge in [0, 0.05) is 44.5 Å². The van der Waals surface area contributed by atoms with E-state index in [1.54, 1.807) is 30.3 Å². The van der Waals surface area contributed by atoms with Crippen LogP contribution in [0.3, 0.4) is 0 Å². The van der Waals surface area contributed by atoms with E-state index in [-0.39, 0.29) is 23.7 Å². The maximum atomic E-state index is 15.1. The number of hydrogen-bond acceptors (Lipinski definition) is 6. The third-order valence-corrected chi connectivity index (χ3v) is 6.09. The average molecular weight is 480 g/mol. The number of aromatic nitrogens is 4. The van der Waals surface area contributed by atoms with Gasteiger partial charge in [0.2, 0.25) is 0 Å². The zero-order valence-electron chi connectivity index (χ0n) is 19.0. The van der Waals surface area contributed by atoms with E-state index in [4.69, 9.17) is 4.74 Å². The molecule has 1 aliphatic heterocycles. The molecule has 0 saturated heterocycles. The number of halogens is 2. The number of pyridine rings is 1. The molecule has 0 fully saturated rings. The Morgan fingerprint density at radius 1 is 1.31 bits per heavy atom. The highest BCUT2D eigenvalue weighted by Crippen LogP contribution is 2.29. The molecule has 0 bridgehead atoms. The van der Waals surface area contributed by atoms with E-state index >= 15 is 4.39 Å². The van der Waals surface area contributed by atoms with Gasteiger partial charge in [0.05, 0.1) is 24.3 Å². The monoisotopic (exact) mass is 480 g/mol. The lowest BCUT2D eigenvalue weighted by atomic mass is 9.98. The van der Waals surface area contributed by atoms with Crippen molar-refractivity contribution in [2.24, 2.45) is 0 Å². The van der Waals surface area contributed by atoms with Crippen molar-refractivity contribution in [1.29, 1.82) is 0 Å². The van der Waals surface area contributed by atoms with E-state index < -0.39 is 17.5 Å². The maximum Gasteiger partial charge on any atom is 0.277 e. The highest BCUT2D eigenvalue weighted by atomic mass is 19.1. The first-order valence-corrected chi connectivity index (χ1v) is 10.9. The van der Waals surface area contributed by atoms with Crippen LogP contribution in [0.25, 0.3) is 22.1 Å². The normalized spacial score (nSPS) is 16.5. The van der Waals surface area contributed by atoms with Crippen molar-refractivity contribution in [3.05, 3.63) is 75.7 Å². The molecule has 4 aromatic rings. The summed E-state index contributed by atoms with van der Waals surface area (Å²) in [5.74, 6) is -0.498. The summed E-state index contributed by atoms with van der Waals surface area (Å²) in [6.45, 7) is 0.989. The highest BCUT2D eigenvalue weighted by molar-refractivity contribution is 5.92. The number of H-pyrrole nitrogens is 1. The number of alkyl halides is 1. The van der Waals surface area contributed by atoms with Crippen molar-refractivity contribution in [1.82, 2.24) is 29.8 Å². The SMILES string of the molecule is CNC(=O)c1ccc(C2=CCN(Cc3cc4[nH]c(=O)c5c(F)cnn5c4cc3OC)CC2F)cn1. The molecule has 0 saturated carbocycles. The van der Waals surface area contributed by atoms with Crippen LogP contribution >= 0.6 is 0 Å². The number of fused-ring (bicyclic) bond motifs is 3. The Morgan fingerprint density at radius 3 is 2.83 bits per heavy atom. The lowest BCUT2D eigenvalue weighted by molar-refractivity contribution is 0.0958. The zero-order chi connectivity index (χ0) is 24.7. The molecule has 1 unspecified atom stereocenters. The summed E-state index contributed by atoms with van der Waals surface area (Å²) in [5.41, 5.74) is 2.35. The van der Waals surface area contributed by atoms with Gasteiger partial charge in [-0.3, -0.25) is 19.5 Å². The first-order valence-electron chi connectivity index (χ1n) is 10.9. The van der Waals surface area contributed by atoms with Crippen molar-refractivity contribution in [3.63, 3.8) is 0 Å². The first-order chi connectivity index (χ1) is 16.9. The number of aromatic amines is 1. The second-order valence-electron chi connectivity index (χ2n) is 8.22. The number of carbonyl (C=O) groups excluding carboxylic acids is 1. The van der Waals surface area contributed by atoms with Crippen LogP contribution in [0.15, 0.2) is 47.5 Å². The molecular formula is C24H22F2N6O3. The molecule has 35 heavy (non-hydrogen) atoms. The van der Waals surface area contributed by atoms with Crippen LogP contribution in [0.4, 0.5) is 8.78 Å². The molecule has 1 aromatic carbocycles. The van der Waals surface area contributed by atoms with E-state index in [0.29, 0.717) is 41.0 Å². The quantitative estimate of drug-likeness (QED) is 0.454. The molecule has 0 aliphatic carbocycles. The van der Waals surface area contributed by atoms with E-state index in [9.17, 15) is 14.0 Å². The van der Waals surface area contributed by atoms with Crippen molar-refractivity contribution in [2.75, 3.05) is 27.2 Å². The van der Waals surface area contributed by atoms with Gasteiger partial charge in [0.1, 0.15) is 17.6 Å². The summed E-state index contributed by atoms with van der Waals surface area (Å²) in [4.78, 5) is 32.7. The van der Waals surface area contributed by atoms with E-state index in [1.807, 2.05) is 4.90 Å². The summed E-state index contributed by atoms with van der Waals surface area (Å²) >= 11 is 0. The molecule has 4 heterocycles. The topological polar surface area (TPSA) is 105 Å². The summed E-state index contributed by atoms with van der Waals surface area (Å²) in [5, 5.41) is 6.47. The van der Waals surface area contributed by atoms with Crippen LogP contribution in [0.1, 0.15) is 21.6 Å². The fourth-order valence-corrected chi connectivity index (χ4v) is 4.35. The van der Waals surface area contributed by atoms with Gasteiger partial charge in [-0.15, -0.1) is 0 Å². The van der Waals surface area contributed by atoms with Crippen LogP contribution < -0.4 is 15.6 Å². The van der Waals surface area contributed by atoms with Crippen LogP contribution in [0.5, 0.6) is 5.75 Å². The smallest absolute Gasteiger partial charge is 0.277 e. The Bertz CT molecular complexity index is 1530. The minimum Gasteiger partial charge on any atom is -0.496 e. The van der Waals surface area contributed by atoms with Crippen molar-refractivity contribution >= 4 is 28.0 Å². The van der Waals surface area contributed by atoms with E-state index in [0.717, 1.165) is 11.8 Å². The Labute approximate surface area is 198 Å². The molecule has 5 rings (SSSR count). The van der Waals surface area contributed by atoms with Crippen LogP contribution in [-0.2, 0) is 6.54 Å². The molecule has 11 heteroatoms. The number of ether oxygens (including phenoxy) is 1. The van der Waals surface area contributed by atoms with Gasteiger partial charge in [-0.2, -0.15) is 5.10 Å².